The van der Waals surface area contributed by atoms with E-state index in [4.69, 9.17) is 5.11 Å². The van der Waals surface area contributed by atoms with Gasteiger partial charge in [-0.25, -0.2) is 0 Å². The largest absolute Gasteiger partial charge is 0.507 e. The average Bonchev–Trinajstić information content (AvgIpc) is 2.28. The summed E-state index contributed by atoms with van der Waals surface area (Å²) in [5, 5.41) is 20.7. The van der Waals surface area contributed by atoms with Gasteiger partial charge in [0.2, 0.25) is 0 Å². The zero-order valence-corrected chi connectivity index (χ0v) is 10.9. The second kappa shape index (κ2) is 6.70. The molecule has 0 aromatic heterocycles. The number of hydrogen-bond acceptors (Lipinski definition) is 3. The van der Waals surface area contributed by atoms with E-state index < -0.39 is 0 Å². The van der Waals surface area contributed by atoms with Gasteiger partial charge in [-0.3, -0.25) is 4.79 Å². The summed E-state index contributed by atoms with van der Waals surface area (Å²) in [4.78, 5) is 11.6. The highest BCUT2D eigenvalue weighted by Gasteiger charge is 2.07. The lowest BCUT2D eigenvalue weighted by Crippen LogP contribution is -2.24. The number of amides is 1. The molecule has 16 heavy (non-hydrogen) atoms. The van der Waals surface area contributed by atoms with Gasteiger partial charge in [0.15, 0.2) is 0 Å². The number of phenolic OH excluding ortho intramolecular Hbond substituents is 1. The summed E-state index contributed by atoms with van der Waals surface area (Å²) >= 11 is 1.99. The number of rotatable bonds is 5. The van der Waals surface area contributed by atoms with Crippen LogP contribution in [0.5, 0.6) is 5.75 Å². The van der Waals surface area contributed by atoms with Gasteiger partial charge in [-0.15, -0.1) is 0 Å². The Morgan fingerprint density at radius 3 is 2.75 bits per heavy atom. The molecule has 3 N–H and O–H groups in total. The molecule has 0 unspecified atom stereocenters. The molecule has 0 aliphatic carbocycles. The third-order valence-electron chi connectivity index (χ3n) is 2.08. The summed E-state index contributed by atoms with van der Waals surface area (Å²) in [5.74, 6) is -0.0896. The van der Waals surface area contributed by atoms with Crippen LogP contribution in [0.15, 0.2) is 18.2 Å². The number of benzene rings is 1. The number of aliphatic hydroxyl groups excluding tert-OH is 1. The fourth-order valence-corrected chi connectivity index (χ4v) is 1.53. The van der Waals surface area contributed by atoms with Crippen molar-refractivity contribution in [3.63, 3.8) is 0 Å². The minimum absolute atomic E-state index is 0.114. The lowest BCUT2D eigenvalue weighted by atomic mass is 10.2. The smallest absolute Gasteiger partial charge is 0.251 e. The molecule has 0 fully saturated rings. The van der Waals surface area contributed by atoms with Crippen LogP contribution in [0.1, 0.15) is 23.2 Å². The number of phenols is 1. The predicted octanol–water partition coefficient (Wildman–Crippen LogP) is 1.50. The van der Waals surface area contributed by atoms with Crippen LogP contribution < -0.4 is 5.32 Å². The van der Waals surface area contributed by atoms with Gasteiger partial charge in [0.25, 0.3) is 5.91 Å². The quantitative estimate of drug-likeness (QED) is 0.564. The normalized spacial score (nSPS) is 10.1. The summed E-state index contributed by atoms with van der Waals surface area (Å²) in [6.45, 7) is 0.673. The molecular weight excluding hydrogens is 321 g/mol. The van der Waals surface area contributed by atoms with E-state index in [0.29, 0.717) is 18.5 Å². The van der Waals surface area contributed by atoms with E-state index >= 15 is 0 Å². The van der Waals surface area contributed by atoms with Crippen molar-refractivity contribution in [3.8, 4) is 5.75 Å². The summed E-state index contributed by atoms with van der Waals surface area (Å²) in [6, 6.07) is 4.81. The molecule has 0 spiro atoms. The zero-order valence-electron chi connectivity index (χ0n) is 8.74. The van der Waals surface area contributed by atoms with Crippen LogP contribution in [0.3, 0.4) is 0 Å². The maximum atomic E-state index is 11.6. The van der Waals surface area contributed by atoms with Crippen molar-refractivity contribution in [2.45, 2.75) is 12.8 Å². The molecule has 4 nitrogen and oxygen atoms in total. The van der Waals surface area contributed by atoms with E-state index in [1.165, 1.54) is 6.07 Å². The standard InChI is InChI=1S/C11H14INO3/c12-9-4-3-8(7-10(9)15)11(16)13-5-1-2-6-14/h3-4,7,14-15H,1-2,5-6H2,(H,13,16). The molecule has 0 heterocycles. The van der Waals surface area contributed by atoms with E-state index in [0.717, 1.165) is 9.99 Å². The minimum atomic E-state index is -0.204. The number of aromatic hydroxyl groups is 1. The number of halogens is 1. The second-order valence-electron chi connectivity index (χ2n) is 3.35. The number of carbonyl (C=O) groups excluding carboxylic acids is 1. The van der Waals surface area contributed by atoms with Crippen molar-refractivity contribution in [3.05, 3.63) is 27.3 Å². The highest BCUT2D eigenvalue weighted by Crippen LogP contribution is 2.20. The van der Waals surface area contributed by atoms with Crippen LogP contribution in [-0.4, -0.2) is 29.3 Å². The minimum Gasteiger partial charge on any atom is -0.507 e. The van der Waals surface area contributed by atoms with E-state index in [2.05, 4.69) is 5.32 Å². The summed E-state index contributed by atoms with van der Waals surface area (Å²) in [7, 11) is 0. The Balaban J connectivity index is 2.50. The molecule has 1 aromatic carbocycles. The molecule has 0 saturated heterocycles. The van der Waals surface area contributed by atoms with Gasteiger partial charge < -0.3 is 15.5 Å². The molecule has 0 bridgehead atoms. The molecule has 0 radical (unpaired) electrons. The first-order valence-electron chi connectivity index (χ1n) is 5.02. The third-order valence-corrected chi connectivity index (χ3v) is 2.99. The molecule has 0 saturated carbocycles. The third kappa shape index (κ3) is 3.97. The van der Waals surface area contributed by atoms with Gasteiger partial charge in [-0.1, -0.05) is 0 Å². The number of aliphatic hydroxyl groups is 1. The predicted molar refractivity (Wildman–Crippen MR) is 69.5 cm³/mol. The zero-order chi connectivity index (χ0) is 12.0. The van der Waals surface area contributed by atoms with Crippen LogP contribution in [-0.2, 0) is 0 Å². The lowest BCUT2D eigenvalue weighted by molar-refractivity contribution is 0.0951. The molecule has 0 aliphatic heterocycles. The van der Waals surface area contributed by atoms with Gasteiger partial charge in [-0.2, -0.15) is 0 Å². The Morgan fingerprint density at radius 2 is 2.12 bits per heavy atom. The van der Waals surface area contributed by atoms with Gasteiger partial charge >= 0.3 is 0 Å². The first-order chi connectivity index (χ1) is 7.65. The van der Waals surface area contributed by atoms with Crippen LogP contribution in [0.2, 0.25) is 0 Å². The Labute approximate surface area is 108 Å². The molecule has 1 aromatic rings. The Bertz CT molecular complexity index is 368. The average molecular weight is 335 g/mol. The van der Waals surface area contributed by atoms with Crippen LogP contribution in [0, 0.1) is 3.57 Å². The van der Waals surface area contributed by atoms with E-state index in [-0.39, 0.29) is 18.3 Å². The highest BCUT2D eigenvalue weighted by molar-refractivity contribution is 14.1. The molecule has 0 atom stereocenters. The maximum absolute atomic E-state index is 11.6. The molecule has 0 aliphatic rings. The topological polar surface area (TPSA) is 69.6 Å². The molecule has 1 rings (SSSR count). The molecule has 1 amide bonds. The summed E-state index contributed by atoms with van der Waals surface area (Å²) < 4.78 is 0.717. The summed E-state index contributed by atoms with van der Waals surface area (Å²) in [5.41, 5.74) is 0.446. The monoisotopic (exact) mass is 335 g/mol. The van der Waals surface area contributed by atoms with E-state index in [1.54, 1.807) is 12.1 Å². The Morgan fingerprint density at radius 1 is 1.38 bits per heavy atom. The first kappa shape index (κ1) is 13.2. The summed E-state index contributed by atoms with van der Waals surface area (Å²) in [6.07, 6.45) is 1.43. The SMILES string of the molecule is O=C(NCCCCO)c1ccc(I)c(O)c1. The maximum Gasteiger partial charge on any atom is 0.251 e. The highest BCUT2D eigenvalue weighted by atomic mass is 127. The van der Waals surface area contributed by atoms with Gasteiger partial charge in [0, 0.05) is 18.7 Å². The van der Waals surface area contributed by atoms with Crippen molar-refractivity contribution < 1.29 is 15.0 Å². The van der Waals surface area contributed by atoms with Crippen molar-refractivity contribution in [1.29, 1.82) is 0 Å². The Kier molecular flexibility index (Phi) is 5.54. The number of unbranched alkanes of at least 4 members (excludes halogenated alkanes) is 1. The fourth-order valence-electron chi connectivity index (χ4n) is 1.19. The number of carbonyl (C=O) groups is 1. The van der Waals surface area contributed by atoms with Crippen LogP contribution in [0.4, 0.5) is 0 Å². The Hall–Kier alpha value is -0.820. The van der Waals surface area contributed by atoms with Gasteiger partial charge in [0.1, 0.15) is 5.75 Å². The van der Waals surface area contributed by atoms with E-state index in [1.807, 2.05) is 22.6 Å². The van der Waals surface area contributed by atoms with Crippen molar-refractivity contribution >= 4 is 28.5 Å². The van der Waals surface area contributed by atoms with Crippen molar-refractivity contribution in [2.75, 3.05) is 13.2 Å². The number of hydrogen-bond donors (Lipinski definition) is 3. The number of nitrogens with one attached hydrogen (secondary N) is 1. The molecular formula is C11H14INO3. The fraction of sp³-hybridized carbons (Fsp3) is 0.364. The second-order valence-corrected chi connectivity index (χ2v) is 4.51. The lowest BCUT2D eigenvalue weighted by Gasteiger charge is -2.05. The molecule has 5 heteroatoms. The molecule has 88 valence electrons. The first-order valence-corrected chi connectivity index (χ1v) is 6.10. The van der Waals surface area contributed by atoms with Crippen LogP contribution >= 0.6 is 22.6 Å². The van der Waals surface area contributed by atoms with Crippen molar-refractivity contribution in [2.24, 2.45) is 0 Å². The van der Waals surface area contributed by atoms with Gasteiger partial charge in [0.05, 0.1) is 3.57 Å². The van der Waals surface area contributed by atoms with Crippen LogP contribution in [0.25, 0.3) is 0 Å². The van der Waals surface area contributed by atoms with Gasteiger partial charge in [-0.05, 0) is 53.6 Å². The van der Waals surface area contributed by atoms with E-state index in [9.17, 15) is 9.90 Å². The van der Waals surface area contributed by atoms with Crippen molar-refractivity contribution in [1.82, 2.24) is 5.32 Å².